The lowest BCUT2D eigenvalue weighted by atomic mass is 10.1. The quantitative estimate of drug-likeness (QED) is 0.766. The van der Waals surface area contributed by atoms with Crippen molar-refractivity contribution in [2.45, 2.75) is 32.9 Å². The zero-order valence-electron chi connectivity index (χ0n) is 14.4. The van der Waals surface area contributed by atoms with Crippen molar-refractivity contribution in [2.75, 3.05) is 38.1 Å². The normalized spacial score (nSPS) is 16.9. The van der Waals surface area contributed by atoms with Crippen LogP contribution in [0.1, 0.15) is 25.8 Å². The smallest absolute Gasteiger partial charge is 0.227 e. The topological polar surface area (TPSA) is 53.6 Å². The van der Waals surface area contributed by atoms with Gasteiger partial charge in [0.25, 0.3) is 0 Å². The Balaban J connectivity index is 0.00000264. The van der Waals surface area contributed by atoms with Gasteiger partial charge in [-0.25, -0.2) is 0 Å². The van der Waals surface area contributed by atoms with Gasteiger partial charge in [-0.3, -0.25) is 9.69 Å². The van der Waals surface area contributed by atoms with Crippen molar-refractivity contribution >= 4 is 36.4 Å². The fourth-order valence-electron chi connectivity index (χ4n) is 2.62. The van der Waals surface area contributed by atoms with Gasteiger partial charge in [0.1, 0.15) is 0 Å². The number of benzene rings is 1. The summed E-state index contributed by atoms with van der Waals surface area (Å²) in [6.45, 7) is 9.57. The van der Waals surface area contributed by atoms with E-state index in [1.165, 1.54) is 5.56 Å². The van der Waals surface area contributed by atoms with Gasteiger partial charge in [-0.1, -0.05) is 26.0 Å². The number of amides is 1. The molecule has 1 saturated heterocycles. The summed E-state index contributed by atoms with van der Waals surface area (Å²) in [6, 6.07) is 8.08. The van der Waals surface area contributed by atoms with Gasteiger partial charge in [0.2, 0.25) is 5.91 Å². The van der Waals surface area contributed by atoms with Gasteiger partial charge in [-0.05, 0) is 30.8 Å². The van der Waals surface area contributed by atoms with Crippen LogP contribution < -0.4 is 10.6 Å². The lowest BCUT2D eigenvalue weighted by Crippen LogP contribution is -2.40. The lowest BCUT2D eigenvalue weighted by molar-refractivity contribution is -0.119. The second-order valence-electron chi connectivity index (χ2n) is 5.61. The Kier molecular flexibility index (Phi) is 12.1. The van der Waals surface area contributed by atoms with Crippen molar-refractivity contribution in [3.05, 3.63) is 29.8 Å². The first kappa shape index (κ1) is 23.1. The summed E-state index contributed by atoms with van der Waals surface area (Å²) in [5.74, 6) is 0.00805. The van der Waals surface area contributed by atoms with Crippen molar-refractivity contribution in [1.29, 1.82) is 0 Å². The molecule has 24 heavy (non-hydrogen) atoms. The molecule has 1 aromatic carbocycles. The summed E-state index contributed by atoms with van der Waals surface area (Å²) in [6.07, 6.45) is 0.375. The minimum atomic E-state index is -0.0207. The first-order valence-electron chi connectivity index (χ1n) is 8.14. The van der Waals surface area contributed by atoms with Crippen LogP contribution in [0, 0.1) is 0 Å². The molecule has 1 amide bonds. The molecule has 0 bridgehead atoms. The Hall–Kier alpha value is -0.850. The van der Waals surface area contributed by atoms with Crippen LogP contribution >= 0.6 is 24.8 Å². The van der Waals surface area contributed by atoms with E-state index in [0.29, 0.717) is 13.0 Å². The molecule has 138 valence electrons. The maximum Gasteiger partial charge on any atom is 0.227 e. The number of hydrogen-bond acceptors (Lipinski definition) is 4. The van der Waals surface area contributed by atoms with Crippen LogP contribution in [0.2, 0.25) is 0 Å². The third-order valence-corrected chi connectivity index (χ3v) is 3.93. The van der Waals surface area contributed by atoms with Crippen LogP contribution in [0.4, 0.5) is 5.69 Å². The number of morpholine rings is 1. The number of nitrogens with zero attached hydrogens (tertiary/aromatic N) is 1. The summed E-state index contributed by atoms with van der Waals surface area (Å²) in [4.78, 5) is 14.4. The summed E-state index contributed by atoms with van der Waals surface area (Å²) in [5, 5.41) is 6.21. The number of ether oxygens (including phenoxy) is 1. The van der Waals surface area contributed by atoms with Crippen molar-refractivity contribution in [1.82, 2.24) is 10.2 Å². The van der Waals surface area contributed by atoms with Crippen LogP contribution in [0.3, 0.4) is 0 Å². The summed E-state index contributed by atoms with van der Waals surface area (Å²) >= 11 is 0. The van der Waals surface area contributed by atoms with Crippen LogP contribution in [0.25, 0.3) is 0 Å². The van der Waals surface area contributed by atoms with E-state index in [-0.39, 0.29) is 36.8 Å². The Morgan fingerprint density at radius 1 is 1.33 bits per heavy atom. The zero-order valence-corrected chi connectivity index (χ0v) is 16.0. The molecular weight excluding hydrogens is 349 g/mol. The number of carbonyl (C=O) groups is 1. The van der Waals surface area contributed by atoms with E-state index in [9.17, 15) is 4.79 Å². The number of halogens is 2. The van der Waals surface area contributed by atoms with Gasteiger partial charge in [0.15, 0.2) is 0 Å². The number of hydrogen-bond donors (Lipinski definition) is 2. The molecule has 0 saturated carbocycles. The van der Waals surface area contributed by atoms with E-state index < -0.39 is 0 Å². The monoisotopic (exact) mass is 377 g/mol. The molecule has 7 heteroatoms. The maximum absolute atomic E-state index is 12.1. The van der Waals surface area contributed by atoms with E-state index in [4.69, 9.17) is 4.74 Å². The molecular formula is C17H29Cl2N3O2. The van der Waals surface area contributed by atoms with E-state index in [1.807, 2.05) is 12.1 Å². The number of rotatable bonds is 7. The minimum absolute atomic E-state index is 0. The van der Waals surface area contributed by atoms with Gasteiger partial charge >= 0.3 is 0 Å². The van der Waals surface area contributed by atoms with E-state index in [2.05, 4.69) is 41.5 Å². The highest BCUT2D eigenvalue weighted by molar-refractivity contribution is 5.91. The zero-order chi connectivity index (χ0) is 15.8. The van der Waals surface area contributed by atoms with Gasteiger partial charge in [0, 0.05) is 25.3 Å². The second kappa shape index (κ2) is 12.5. The van der Waals surface area contributed by atoms with Crippen molar-refractivity contribution in [3.8, 4) is 0 Å². The van der Waals surface area contributed by atoms with E-state index >= 15 is 0 Å². The fourth-order valence-corrected chi connectivity index (χ4v) is 2.62. The van der Waals surface area contributed by atoms with Crippen LogP contribution in [0.5, 0.6) is 0 Å². The molecule has 1 fully saturated rings. The van der Waals surface area contributed by atoms with E-state index in [1.54, 1.807) is 0 Å². The van der Waals surface area contributed by atoms with E-state index in [0.717, 1.165) is 38.4 Å². The molecule has 1 aromatic rings. The van der Waals surface area contributed by atoms with Crippen molar-refractivity contribution in [2.24, 2.45) is 0 Å². The predicted octanol–water partition coefficient (Wildman–Crippen LogP) is 2.69. The van der Waals surface area contributed by atoms with Crippen molar-refractivity contribution < 1.29 is 9.53 Å². The average Bonchev–Trinajstić information content (AvgIpc) is 2.53. The Bertz CT molecular complexity index is 479. The third kappa shape index (κ3) is 7.81. The molecule has 5 nitrogen and oxygen atoms in total. The molecule has 1 aliphatic heterocycles. The first-order valence-corrected chi connectivity index (χ1v) is 8.14. The van der Waals surface area contributed by atoms with Gasteiger partial charge in [0.05, 0.1) is 19.1 Å². The highest BCUT2D eigenvalue weighted by Crippen LogP contribution is 2.14. The summed E-state index contributed by atoms with van der Waals surface area (Å²) in [7, 11) is 0. The van der Waals surface area contributed by atoms with Gasteiger partial charge in [-0.15, -0.1) is 24.8 Å². The summed E-state index contributed by atoms with van der Waals surface area (Å²) in [5.41, 5.74) is 2.08. The molecule has 1 aliphatic rings. The fraction of sp³-hybridized carbons (Fsp3) is 0.588. The number of nitrogens with one attached hydrogen (secondary N) is 2. The number of carbonyl (C=O) groups excluding carboxylic acids is 1. The summed E-state index contributed by atoms with van der Waals surface area (Å²) < 4.78 is 5.56. The van der Waals surface area contributed by atoms with Crippen LogP contribution in [-0.4, -0.2) is 49.7 Å². The Labute approximate surface area is 157 Å². The highest BCUT2D eigenvalue weighted by Gasteiger charge is 2.17. The molecule has 0 aliphatic carbocycles. The molecule has 1 atom stereocenters. The predicted molar refractivity (Wildman–Crippen MR) is 103 cm³/mol. The lowest BCUT2D eigenvalue weighted by Gasteiger charge is -2.23. The molecule has 0 radical (unpaired) electrons. The van der Waals surface area contributed by atoms with Gasteiger partial charge < -0.3 is 15.4 Å². The number of anilines is 1. The van der Waals surface area contributed by atoms with Gasteiger partial charge in [-0.2, -0.15) is 0 Å². The largest absolute Gasteiger partial charge is 0.375 e. The highest BCUT2D eigenvalue weighted by atomic mass is 35.5. The second-order valence-corrected chi connectivity index (χ2v) is 5.61. The Morgan fingerprint density at radius 2 is 2.08 bits per heavy atom. The Morgan fingerprint density at radius 3 is 2.71 bits per heavy atom. The maximum atomic E-state index is 12.1. The molecule has 1 heterocycles. The molecule has 2 N–H and O–H groups in total. The van der Waals surface area contributed by atoms with Crippen molar-refractivity contribution in [3.63, 3.8) is 0 Å². The third-order valence-electron chi connectivity index (χ3n) is 3.93. The molecule has 1 unspecified atom stereocenters. The standard InChI is InChI=1S/C17H27N3O2.2ClH/c1-3-20(4-2)13-14-6-5-7-15(10-14)19-17(21)11-16-12-18-8-9-22-16;;/h5-7,10,16,18H,3-4,8-9,11-13H2,1-2H3,(H,19,21);2*1H. The molecule has 0 aromatic heterocycles. The van der Waals surface area contributed by atoms with Crippen LogP contribution in [-0.2, 0) is 16.1 Å². The average molecular weight is 378 g/mol. The SMILES string of the molecule is CCN(CC)Cc1cccc(NC(=O)CC2CNCCO2)c1.Cl.Cl. The molecule has 2 rings (SSSR count). The molecule has 0 spiro atoms. The first-order chi connectivity index (χ1) is 10.7. The minimum Gasteiger partial charge on any atom is -0.375 e. The van der Waals surface area contributed by atoms with Crippen LogP contribution in [0.15, 0.2) is 24.3 Å².